The summed E-state index contributed by atoms with van der Waals surface area (Å²) in [6.45, 7) is 3.64. The van der Waals surface area contributed by atoms with Gasteiger partial charge >= 0.3 is 0 Å². The minimum Gasteiger partial charge on any atom is -0.371 e. The van der Waals surface area contributed by atoms with E-state index < -0.39 is 4.92 Å². The van der Waals surface area contributed by atoms with E-state index in [4.69, 9.17) is 0 Å². The number of non-ortho nitro benzene ring substituents is 1. The van der Waals surface area contributed by atoms with Gasteiger partial charge in [0.05, 0.1) is 9.80 Å². The van der Waals surface area contributed by atoms with Gasteiger partial charge in [-0.3, -0.25) is 14.9 Å². The molecule has 0 radical (unpaired) electrons. The molecule has 1 N–H and O–H groups in total. The van der Waals surface area contributed by atoms with Gasteiger partial charge in [-0.2, -0.15) is 0 Å². The number of amides is 1. The first kappa shape index (κ1) is 16.4. The molecule has 0 aliphatic carbocycles. The number of carbonyl (C=O) groups is 1. The number of piperidine rings is 1. The Hall–Kier alpha value is -2.41. The average Bonchev–Trinajstić information content (AvgIpc) is 3.02. The summed E-state index contributed by atoms with van der Waals surface area (Å²) in [7, 11) is 0. The van der Waals surface area contributed by atoms with E-state index in [0.717, 1.165) is 41.4 Å². The Morgan fingerprint density at radius 1 is 1.21 bits per heavy atom. The Morgan fingerprint density at radius 2 is 1.88 bits per heavy atom. The number of hydrogen-bond donors (Lipinski definition) is 1. The molecule has 1 aromatic heterocycles. The van der Waals surface area contributed by atoms with Gasteiger partial charge in [-0.1, -0.05) is 0 Å². The van der Waals surface area contributed by atoms with Crippen molar-refractivity contribution in [2.75, 3.05) is 18.0 Å². The van der Waals surface area contributed by atoms with Gasteiger partial charge in [0, 0.05) is 41.8 Å². The molecule has 1 aliphatic heterocycles. The first-order valence-electron chi connectivity index (χ1n) is 7.89. The van der Waals surface area contributed by atoms with Crippen LogP contribution in [0.4, 0.5) is 11.4 Å². The molecule has 2 aromatic rings. The quantitative estimate of drug-likeness (QED) is 0.681. The zero-order valence-electron chi connectivity index (χ0n) is 13.4. The van der Waals surface area contributed by atoms with Crippen molar-refractivity contribution in [1.29, 1.82) is 0 Å². The van der Waals surface area contributed by atoms with Gasteiger partial charge in [-0.25, -0.2) is 0 Å². The molecule has 7 heteroatoms. The van der Waals surface area contributed by atoms with E-state index in [2.05, 4.69) is 10.2 Å². The summed E-state index contributed by atoms with van der Waals surface area (Å²) < 4.78 is 0. The van der Waals surface area contributed by atoms with E-state index in [1.165, 1.54) is 23.5 Å². The summed E-state index contributed by atoms with van der Waals surface area (Å²) >= 11 is 1.51. The second-order valence-electron chi connectivity index (χ2n) is 5.92. The maximum absolute atomic E-state index is 12.2. The van der Waals surface area contributed by atoms with Crippen LogP contribution >= 0.6 is 11.3 Å². The topological polar surface area (TPSA) is 75.5 Å². The zero-order chi connectivity index (χ0) is 17.1. The van der Waals surface area contributed by atoms with Crippen molar-refractivity contribution in [3.8, 4) is 0 Å². The number of benzene rings is 1. The van der Waals surface area contributed by atoms with Crippen molar-refractivity contribution in [2.45, 2.75) is 25.8 Å². The third kappa shape index (κ3) is 3.73. The largest absolute Gasteiger partial charge is 0.371 e. The van der Waals surface area contributed by atoms with E-state index in [0.29, 0.717) is 0 Å². The Balaban J connectivity index is 1.53. The maximum atomic E-state index is 12.2. The molecule has 24 heavy (non-hydrogen) atoms. The molecule has 0 bridgehead atoms. The van der Waals surface area contributed by atoms with Crippen LogP contribution in [0.5, 0.6) is 0 Å². The molecule has 0 unspecified atom stereocenters. The highest BCUT2D eigenvalue weighted by atomic mass is 32.1. The number of nitro benzene ring substituents is 1. The fourth-order valence-electron chi connectivity index (χ4n) is 2.88. The number of nitrogens with zero attached hydrogens (tertiary/aromatic N) is 2. The number of nitro groups is 1. The van der Waals surface area contributed by atoms with E-state index >= 15 is 0 Å². The van der Waals surface area contributed by atoms with Gasteiger partial charge in [0.25, 0.3) is 11.6 Å². The van der Waals surface area contributed by atoms with Gasteiger partial charge in [-0.15, -0.1) is 11.3 Å². The molecule has 1 aliphatic rings. The van der Waals surface area contributed by atoms with Crippen LogP contribution in [0.3, 0.4) is 0 Å². The van der Waals surface area contributed by atoms with E-state index in [1.807, 2.05) is 19.1 Å². The van der Waals surface area contributed by atoms with Crippen molar-refractivity contribution in [3.05, 3.63) is 56.3 Å². The molecule has 0 spiro atoms. The van der Waals surface area contributed by atoms with Crippen molar-refractivity contribution >= 4 is 28.6 Å². The van der Waals surface area contributed by atoms with Crippen molar-refractivity contribution in [1.82, 2.24) is 5.32 Å². The van der Waals surface area contributed by atoms with Gasteiger partial charge in [0.2, 0.25) is 0 Å². The van der Waals surface area contributed by atoms with Gasteiger partial charge in [0.1, 0.15) is 0 Å². The first-order chi connectivity index (χ1) is 11.5. The second kappa shape index (κ2) is 7.00. The minimum absolute atomic E-state index is 0.00175. The highest BCUT2D eigenvalue weighted by Gasteiger charge is 2.22. The van der Waals surface area contributed by atoms with Crippen molar-refractivity contribution in [2.24, 2.45) is 0 Å². The Bertz CT molecular complexity index is 734. The molecule has 1 aromatic carbocycles. The van der Waals surface area contributed by atoms with Gasteiger partial charge < -0.3 is 10.2 Å². The van der Waals surface area contributed by atoms with Crippen LogP contribution in [0.25, 0.3) is 0 Å². The lowest BCUT2D eigenvalue weighted by Gasteiger charge is -2.33. The lowest BCUT2D eigenvalue weighted by molar-refractivity contribution is -0.384. The van der Waals surface area contributed by atoms with Gasteiger partial charge in [0.15, 0.2) is 0 Å². The fraction of sp³-hybridized carbons (Fsp3) is 0.353. The third-order valence-electron chi connectivity index (χ3n) is 4.22. The molecule has 1 saturated heterocycles. The molecular formula is C17H19N3O3S. The fourth-order valence-corrected chi connectivity index (χ4v) is 3.65. The van der Waals surface area contributed by atoms with Crippen LogP contribution in [-0.2, 0) is 0 Å². The summed E-state index contributed by atoms with van der Waals surface area (Å²) in [5, 5.41) is 13.8. The number of carbonyl (C=O) groups excluding carboxylic acids is 1. The normalized spacial score (nSPS) is 15.3. The van der Waals surface area contributed by atoms with Crippen LogP contribution < -0.4 is 10.2 Å². The Labute approximate surface area is 144 Å². The number of anilines is 1. The monoisotopic (exact) mass is 345 g/mol. The summed E-state index contributed by atoms with van der Waals surface area (Å²) in [5.41, 5.74) is 1.09. The van der Waals surface area contributed by atoms with Crippen LogP contribution in [0, 0.1) is 17.0 Å². The summed E-state index contributed by atoms with van der Waals surface area (Å²) in [5.74, 6) is 0.00175. The predicted molar refractivity (Wildman–Crippen MR) is 94.9 cm³/mol. The molecule has 3 rings (SSSR count). The highest BCUT2D eigenvalue weighted by Crippen LogP contribution is 2.23. The van der Waals surface area contributed by atoms with Crippen molar-refractivity contribution < 1.29 is 9.72 Å². The smallest absolute Gasteiger partial charge is 0.269 e. The SMILES string of the molecule is Cc1ccc(C(=O)NC2CCN(c3ccc([N+](=O)[O-])cc3)CC2)s1. The minimum atomic E-state index is -0.391. The zero-order valence-corrected chi connectivity index (χ0v) is 14.2. The van der Waals surface area contributed by atoms with E-state index in [9.17, 15) is 14.9 Å². The molecule has 1 amide bonds. The number of rotatable bonds is 4. The molecular weight excluding hydrogens is 326 g/mol. The Kier molecular flexibility index (Phi) is 4.80. The van der Waals surface area contributed by atoms with Crippen LogP contribution in [-0.4, -0.2) is 30.0 Å². The molecule has 0 atom stereocenters. The molecule has 2 heterocycles. The lowest BCUT2D eigenvalue weighted by Crippen LogP contribution is -2.44. The van der Waals surface area contributed by atoms with Crippen LogP contribution in [0.15, 0.2) is 36.4 Å². The molecule has 126 valence electrons. The molecule has 6 nitrogen and oxygen atoms in total. The summed E-state index contributed by atoms with van der Waals surface area (Å²) in [6.07, 6.45) is 1.74. The standard InChI is InChI=1S/C17H19N3O3S/c1-12-2-7-16(24-12)17(21)18-13-8-10-19(11-9-13)14-3-5-15(6-4-14)20(22)23/h2-7,13H,8-11H2,1H3,(H,18,21). The van der Waals surface area contributed by atoms with E-state index in [-0.39, 0.29) is 17.6 Å². The predicted octanol–water partition coefficient (Wildman–Crippen LogP) is 3.36. The maximum Gasteiger partial charge on any atom is 0.269 e. The third-order valence-corrected chi connectivity index (χ3v) is 5.22. The van der Waals surface area contributed by atoms with E-state index in [1.54, 1.807) is 12.1 Å². The lowest BCUT2D eigenvalue weighted by atomic mass is 10.0. The molecule has 1 fully saturated rings. The average molecular weight is 345 g/mol. The van der Waals surface area contributed by atoms with Gasteiger partial charge in [-0.05, 0) is 44.0 Å². The number of thiophene rings is 1. The second-order valence-corrected chi connectivity index (χ2v) is 7.21. The number of nitrogens with one attached hydrogen (secondary N) is 1. The highest BCUT2D eigenvalue weighted by molar-refractivity contribution is 7.13. The molecule has 0 saturated carbocycles. The van der Waals surface area contributed by atoms with Crippen molar-refractivity contribution in [3.63, 3.8) is 0 Å². The summed E-state index contributed by atoms with van der Waals surface area (Å²) in [4.78, 5) is 26.6. The number of aryl methyl sites for hydroxylation is 1. The number of hydrogen-bond acceptors (Lipinski definition) is 5. The Morgan fingerprint density at radius 3 is 2.42 bits per heavy atom. The van der Waals surface area contributed by atoms with Crippen LogP contribution in [0.2, 0.25) is 0 Å². The van der Waals surface area contributed by atoms with Crippen LogP contribution in [0.1, 0.15) is 27.4 Å². The first-order valence-corrected chi connectivity index (χ1v) is 8.71. The summed E-state index contributed by atoms with van der Waals surface area (Å²) in [6, 6.07) is 10.6.